The van der Waals surface area contributed by atoms with Gasteiger partial charge in [-0.15, -0.1) is 0 Å². The lowest BCUT2D eigenvalue weighted by molar-refractivity contribution is 0.425. The van der Waals surface area contributed by atoms with E-state index in [1.54, 1.807) is 0 Å². The first kappa shape index (κ1) is 13.9. The Morgan fingerprint density at radius 3 is 2.73 bits per heavy atom. The first-order valence-corrected chi connectivity index (χ1v) is 8.46. The molecule has 0 aromatic heterocycles. The van der Waals surface area contributed by atoms with Crippen LogP contribution < -0.4 is 5.32 Å². The van der Waals surface area contributed by atoms with Crippen LogP contribution in [0.1, 0.15) is 42.0 Å². The van der Waals surface area contributed by atoms with Crippen LogP contribution in [0.3, 0.4) is 0 Å². The molecule has 0 unspecified atom stereocenters. The number of halogens is 1. The molecule has 4 rings (SSSR count). The molecule has 0 spiro atoms. The molecule has 0 saturated carbocycles. The quantitative estimate of drug-likeness (QED) is 0.699. The van der Waals surface area contributed by atoms with Gasteiger partial charge in [-0.2, -0.15) is 0 Å². The highest BCUT2D eigenvalue weighted by molar-refractivity contribution is 6.31. The Bertz CT molecular complexity index is 734. The number of aryl methyl sites for hydroxylation is 1. The monoisotopic (exact) mass is 309 g/mol. The Balaban J connectivity index is 1.85. The van der Waals surface area contributed by atoms with Gasteiger partial charge in [0.25, 0.3) is 0 Å². The number of nitrogens with one attached hydrogen (secondary N) is 1. The van der Waals surface area contributed by atoms with E-state index in [1.807, 2.05) is 12.1 Å². The number of allylic oxidation sites excluding steroid dienone is 2. The second kappa shape index (κ2) is 5.48. The molecule has 2 heteroatoms. The second-order valence-corrected chi connectivity index (χ2v) is 6.64. The number of hydrogen-bond donors (Lipinski definition) is 1. The lowest BCUT2D eigenvalue weighted by Gasteiger charge is -2.38. The van der Waals surface area contributed by atoms with Crippen molar-refractivity contribution in [1.82, 2.24) is 0 Å². The zero-order chi connectivity index (χ0) is 15.1. The van der Waals surface area contributed by atoms with Crippen molar-refractivity contribution in [3.63, 3.8) is 0 Å². The Labute approximate surface area is 137 Å². The molecule has 1 heterocycles. The maximum atomic E-state index is 6.49. The average molecular weight is 310 g/mol. The van der Waals surface area contributed by atoms with Crippen molar-refractivity contribution in [2.45, 2.75) is 31.7 Å². The number of hydrogen-bond acceptors (Lipinski definition) is 1. The van der Waals surface area contributed by atoms with Crippen molar-refractivity contribution in [2.75, 3.05) is 5.32 Å². The van der Waals surface area contributed by atoms with Crippen molar-refractivity contribution in [3.05, 3.63) is 76.3 Å². The van der Waals surface area contributed by atoms with E-state index in [-0.39, 0.29) is 6.04 Å². The van der Waals surface area contributed by atoms with Crippen molar-refractivity contribution in [1.29, 1.82) is 0 Å². The molecule has 0 amide bonds. The van der Waals surface area contributed by atoms with Gasteiger partial charge in [-0.3, -0.25) is 0 Å². The van der Waals surface area contributed by atoms with Gasteiger partial charge in [-0.05, 0) is 41.5 Å². The topological polar surface area (TPSA) is 12.0 Å². The van der Waals surface area contributed by atoms with Gasteiger partial charge in [0.15, 0.2) is 0 Å². The summed E-state index contributed by atoms with van der Waals surface area (Å²) in [5.41, 5.74) is 5.39. The van der Waals surface area contributed by atoms with E-state index < -0.39 is 0 Å². The number of benzene rings is 2. The van der Waals surface area contributed by atoms with Crippen LogP contribution in [0.2, 0.25) is 5.02 Å². The van der Waals surface area contributed by atoms with Gasteiger partial charge in [-0.25, -0.2) is 0 Å². The third kappa shape index (κ3) is 2.07. The lowest BCUT2D eigenvalue weighted by Crippen LogP contribution is -2.30. The van der Waals surface area contributed by atoms with E-state index in [1.165, 1.54) is 22.4 Å². The average Bonchev–Trinajstić information content (AvgIpc) is 3.04. The molecule has 0 fully saturated rings. The van der Waals surface area contributed by atoms with Gasteiger partial charge < -0.3 is 5.32 Å². The van der Waals surface area contributed by atoms with Crippen LogP contribution >= 0.6 is 11.6 Å². The predicted octanol–water partition coefficient (Wildman–Crippen LogP) is 5.73. The minimum absolute atomic E-state index is 0.286. The highest BCUT2D eigenvalue weighted by atomic mass is 35.5. The molecule has 1 N–H and O–H groups in total. The first-order valence-electron chi connectivity index (χ1n) is 8.09. The smallest absolute Gasteiger partial charge is 0.0568 e. The Morgan fingerprint density at radius 1 is 1.09 bits per heavy atom. The van der Waals surface area contributed by atoms with Gasteiger partial charge in [-0.1, -0.05) is 67.1 Å². The molecular formula is C20H20ClN. The summed E-state index contributed by atoms with van der Waals surface area (Å²) in [7, 11) is 0. The third-order valence-electron chi connectivity index (χ3n) is 5.10. The summed E-state index contributed by atoms with van der Waals surface area (Å²) in [4.78, 5) is 0. The minimum atomic E-state index is 0.286. The zero-order valence-corrected chi connectivity index (χ0v) is 13.5. The largest absolute Gasteiger partial charge is 0.377 e. The highest BCUT2D eigenvalue weighted by Gasteiger charge is 2.38. The number of anilines is 1. The molecule has 0 radical (unpaired) electrons. The summed E-state index contributed by atoms with van der Waals surface area (Å²) in [5, 5.41) is 4.68. The van der Waals surface area contributed by atoms with Crippen LogP contribution in [0.15, 0.2) is 54.6 Å². The van der Waals surface area contributed by atoms with E-state index in [9.17, 15) is 0 Å². The number of para-hydroxylation sites is 1. The predicted molar refractivity (Wildman–Crippen MR) is 93.6 cm³/mol. The van der Waals surface area contributed by atoms with Gasteiger partial charge in [0.2, 0.25) is 0 Å². The molecule has 22 heavy (non-hydrogen) atoms. The maximum Gasteiger partial charge on any atom is 0.0568 e. The van der Waals surface area contributed by atoms with Crippen molar-refractivity contribution in [3.8, 4) is 0 Å². The summed E-state index contributed by atoms with van der Waals surface area (Å²) in [6.07, 6.45) is 6.87. The normalized spacial score (nSPS) is 25.5. The van der Waals surface area contributed by atoms with Gasteiger partial charge in [0.1, 0.15) is 0 Å². The van der Waals surface area contributed by atoms with Crippen LogP contribution in [0.4, 0.5) is 5.69 Å². The molecular weight excluding hydrogens is 290 g/mol. The first-order chi connectivity index (χ1) is 10.8. The zero-order valence-electron chi connectivity index (χ0n) is 12.7. The third-order valence-corrected chi connectivity index (χ3v) is 5.45. The lowest BCUT2D eigenvalue weighted by atomic mass is 9.76. The van der Waals surface area contributed by atoms with E-state index in [0.717, 1.165) is 17.9 Å². The van der Waals surface area contributed by atoms with Crippen LogP contribution in [0, 0.1) is 5.92 Å². The molecule has 1 aliphatic heterocycles. The molecule has 3 atom stereocenters. The molecule has 2 aliphatic rings. The number of rotatable bonds is 2. The Kier molecular flexibility index (Phi) is 3.46. The fourth-order valence-electron chi connectivity index (χ4n) is 4.02. The van der Waals surface area contributed by atoms with Crippen LogP contribution in [0.5, 0.6) is 0 Å². The highest BCUT2D eigenvalue weighted by Crippen LogP contribution is 2.51. The van der Waals surface area contributed by atoms with Gasteiger partial charge in [0.05, 0.1) is 6.04 Å². The molecule has 112 valence electrons. The van der Waals surface area contributed by atoms with Crippen molar-refractivity contribution >= 4 is 17.3 Å². The summed E-state index contributed by atoms with van der Waals surface area (Å²) >= 11 is 6.49. The van der Waals surface area contributed by atoms with Crippen molar-refractivity contribution in [2.24, 2.45) is 5.92 Å². The van der Waals surface area contributed by atoms with Crippen LogP contribution in [0.25, 0.3) is 0 Å². The molecule has 0 bridgehead atoms. The standard InChI is InChI=1S/C20H20ClN/c1-2-13-7-5-10-15-14-9-6-11-16(14)20(22-19(13)15)17-8-3-4-12-18(17)21/h3-10,12,14,16,20,22H,2,11H2,1H3/t14-,16-,20+/m1/s1. The Morgan fingerprint density at radius 2 is 1.91 bits per heavy atom. The summed E-state index contributed by atoms with van der Waals surface area (Å²) in [5.74, 6) is 1.06. The van der Waals surface area contributed by atoms with Crippen LogP contribution in [-0.4, -0.2) is 0 Å². The summed E-state index contributed by atoms with van der Waals surface area (Å²) in [6, 6.07) is 15.2. The molecule has 2 aromatic carbocycles. The molecule has 0 saturated heterocycles. The summed E-state index contributed by atoms with van der Waals surface area (Å²) < 4.78 is 0. The fourth-order valence-corrected chi connectivity index (χ4v) is 4.27. The minimum Gasteiger partial charge on any atom is -0.377 e. The van der Waals surface area contributed by atoms with Crippen molar-refractivity contribution < 1.29 is 0 Å². The maximum absolute atomic E-state index is 6.49. The van der Waals surface area contributed by atoms with E-state index >= 15 is 0 Å². The van der Waals surface area contributed by atoms with Gasteiger partial charge in [0, 0.05) is 16.6 Å². The molecule has 1 nitrogen and oxygen atoms in total. The number of fused-ring (bicyclic) bond motifs is 3. The van der Waals surface area contributed by atoms with Crippen LogP contribution in [-0.2, 0) is 6.42 Å². The molecule has 1 aliphatic carbocycles. The summed E-state index contributed by atoms with van der Waals surface area (Å²) in [6.45, 7) is 2.22. The van der Waals surface area contributed by atoms with Gasteiger partial charge >= 0.3 is 0 Å². The second-order valence-electron chi connectivity index (χ2n) is 6.23. The van der Waals surface area contributed by atoms with E-state index in [2.05, 4.69) is 54.7 Å². The van der Waals surface area contributed by atoms with E-state index in [4.69, 9.17) is 11.6 Å². The fraction of sp³-hybridized carbons (Fsp3) is 0.300. The Hall–Kier alpha value is -1.73. The molecule has 2 aromatic rings. The van der Waals surface area contributed by atoms with E-state index in [0.29, 0.717) is 11.8 Å². The SMILES string of the molecule is CCc1cccc2c1N[C@H](c1ccccc1Cl)[C@@H]1CC=C[C@H]21.